The van der Waals surface area contributed by atoms with Crippen LogP contribution in [0.15, 0.2) is 47.5 Å². The van der Waals surface area contributed by atoms with Crippen LogP contribution in [0.1, 0.15) is 16.7 Å². The molecule has 30 heavy (non-hydrogen) atoms. The number of benzene rings is 2. The van der Waals surface area contributed by atoms with E-state index in [9.17, 15) is 0 Å². The van der Waals surface area contributed by atoms with Gasteiger partial charge in [0.05, 0.1) is 14.2 Å². The monoisotopic (exact) mass is 524 g/mol. The SMILES string of the molecule is CN=C(NCCc1ccc(OC)c(OC)c1)NCCN1CCc2ccccc2C1.I. The lowest BCUT2D eigenvalue weighted by Crippen LogP contribution is -2.43. The maximum atomic E-state index is 5.37. The summed E-state index contributed by atoms with van der Waals surface area (Å²) in [6, 6.07) is 14.8. The van der Waals surface area contributed by atoms with Gasteiger partial charge in [0.15, 0.2) is 17.5 Å². The van der Waals surface area contributed by atoms with Crippen LogP contribution in [-0.4, -0.2) is 58.3 Å². The average Bonchev–Trinajstić information content (AvgIpc) is 2.77. The number of rotatable bonds is 8. The standard InChI is InChI=1S/C23H32N4O2.HI/c1-24-23(25-12-10-18-8-9-21(28-2)22(16-18)29-3)26-13-15-27-14-11-19-6-4-5-7-20(19)17-27;/h4-9,16H,10-15,17H2,1-3H3,(H2,24,25,26);1H. The minimum Gasteiger partial charge on any atom is -0.493 e. The molecule has 0 atom stereocenters. The minimum absolute atomic E-state index is 0. The zero-order valence-electron chi connectivity index (χ0n) is 18.1. The van der Waals surface area contributed by atoms with Crippen LogP contribution < -0.4 is 20.1 Å². The number of halogens is 1. The van der Waals surface area contributed by atoms with E-state index in [0.717, 1.165) is 63.0 Å². The van der Waals surface area contributed by atoms with Crippen LogP contribution in [0.25, 0.3) is 0 Å². The van der Waals surface area contributed by atoms with E-state index in [1.54, 1.807) is 14.2 Å². The molecule has 0 radical (unpaired) electrons. The van der Waals surface area contributed by atoms with Gasteiger partial charge >= 0.3 is 0 Å². The summed E-state index contributed by atoms with van der Waals surface area (Å²) < 4.78 is 10.7. The average molecular weight is 524 g/mol. The van der Waals surface area contributed by atoms with Crippen LogP contribution >= 0.6 is 24.0 Å². The van der Waals surface area contributed by atoms with Gasteiger partial charge in [-0.3, -0.25) is 9.89 Å². The normalized spacial score (nSPS) is 13.8. The van der Waals surface area contributed by atoms with Gasteiger partial charge in [0, 0.05) is 39.8 Å². The Morgan fingerprint density at radius 3 is 2.47 bits per heavy atom. The number of guanidine groups is 1. The molecule has 0 fully saturated rings. The van der Waals surface area contributed by atoms with Gasteiger partial charge in [-0.1, -0.05) is 30.3 Å². The van der Waals surface area contributed by atoms with Gasteiger partial charge in [-0.2, -0.15) is 0 Å². The molecule has 1 aliphatic rings. The fourth-order valence-electron chi connectivity index (χ4n) is 3.66. The van der Waals surface area contributed by atoms with Crippen molar-refractivity contribution >= 4 is 29.9 Å². The number of hydrogen-bond acceptors (Lipinski definition) is 4. The zero-order chi connectivity index (χ0) is 20.5. The lowest BCUT2D eigenvalue weighted by atomic mass is 10.00. The Balaban J connectivity index is 0.00000320. The highest BCUT2D eigenvalue weighted by atomic mass is 127. The largest absolute Gasteiger partial charge is 0.493 e. The summed E-state index contributed by atoms with van der Waals surface area (Å²) in [5.74, 6) is 2.35. The first kappa shape index (κ1) is 24.3. The highest BCUT2D eigenvalue weighted by Crippen LogP contribution is 2.27. The second-order valence-electron chi connectivity index (χ2n) is 7.16. The summed E-state index contributed by atoms with van der Waals surface area (Å²) >= 11 is 0. The summed E-state index contributed by atoms with van der Waals surface area (Å²) in [4.78, 5) is 6.82. The second-order valence-corrected chi connectivity index (χ2v) is 7.16. The lowest BCUT2D eigenvalue weighted by molar-refractivity contribution is 0.258. The van der Waals surface area contributed by atoms with Crippen LogP contribution in [0.5, 0.6) is 11.5 Å². The zero-order valence-corrected chi connectivity index (χ0v) is 20.4. The van der Waals surface area contributed by atoms with E-state index in [1.165, 1.54) is 16.7 Å². The molecule has 1 aliphatic heterocycles. The van der Waals surface area contributed by atoms with Crippen molar-refractivity contribution in [1.82, 2.24) is 15.5 Å². The summed E-state index contributed by atoms with van der Waals surface area (Å²) in [5.41, 5.74) is 4.14. The number of nitrogens with one attached hydrogen (secondary N) is 2. The molecule has 0 aliphatic carbocycles. The molecule has 0 unspecified atom stereocenters. The second kappa shape index (κ2) is 12.6. The van der Waals surface area contributed by atoms with Gasteiger partial charge in [-0.25, -0.2) is 0 Å². The first-order chi connectivity index (χ1) is 14.2. The van der Waals surface area contributed by atoms with Gasteiger partial charge in [-0.05, 0) is 41.7 Å². The summed E-state index contributed by atoms with van der Waals surface area (Å²) in [6.45, 7) is 4.82. The summed E-state index contributed by atoms with van der Waals surface area (Å²) in [6.07, 6.45) is 2.01. The number of fused-ring (bicyclic) bond motifs is 1. The van der Waals surface area contributed by atoms with Crippen LogP contribution in [0.4, 0.5) is 0 Å². The molecule has 7 heteroatoms. The molecule has 2 aromatic carbocycles. The van der Waals surface area contributed by atoms with Gasteiger partial charge < -0.3 is 20.1 Å². The van der Waals surface area contributed by atoms with Crippen molar-refractivity contribution in [2.45, 2.75) is 19.4 Å². The van der Waals surface area contributed by atoms with Crippen molar-refractivity contribution in [2.24, 2.45) is 4.99 Å². The third-order valence-electron chi connectivity index (χ3n) is 5.31. The van der Waals surface area contributed by atoms with Gasteiger partial charge in [-0.15, -0.1) is 24.0 Å². The smallest absolute Gasteiger partial charge is 0.191 e. The fraction of sp³-hybridized carbons (Fsp3) is 0.435. The van der Waals surface area contributed by atoms with Crippen LogP contribution in [0.3, 0.4) is 0 Å². The third kappa shape index (κ3) is 6.77. The van der Waals surface area contributed by atoms with E-state index in [4.69, 9.17) is 9.47 Å². The molecule has 2 aromatic rings. The van der Waals surface area contributed by atoms with Crippen molar-refractivity contribution in [3.05, 3.63) is 59.2 Å². The van der Waals surface area contributed by atoms with Gasteiger partial charge in [0.2, 0.25) is 0 Å². The topological polar surface area (TPSA) is 58.1 Å². The Bertz CT molecular complexity index is 829. The van der Waals surface area contributed by atoms with E-state index >= 15 is 0 Å². The molecule has 0 amide bonds. The Kier molecular flexibility index (Phi) is 10.2. The highest BCUT2D eigenvalue weighted by molar-refractivity contribution is 14.0. The van der Waals surface area contributed by atoms with Crippen molar-refractivity contribution < 1.29 is 9.47 Å². The number of hydrogen-bond donors (Lipinski definition) is 2. The predicted octanol–water partition coefficient (Wildman–Crippen LogP) is 3.09. The van der Waals surface area contributed by atoms with Gasteiger partial charge in [0.25, 0.3) is 0 Å². The molecular formula is C23H33IN4O2. The molecule has 164 valence electrons. The number of nitrogens with zero attached hydrogens (tertiary/aromatic N) is 2. The third-order valence-corrected chi connectivity index (χ3v) is 5.31. The molecular weight excluding hydrogens is 491 g/mol. The highest BCUT2D eigenvalue weighted by Gasteiger charge is 2.15. The Labute approximate surface area is 197 Å². The summed E-state index contributed by atoms with van der Waals surface area (Å²) in [5, 5.41) is 6.81. The van der Waals surface area contributed by atoms with E-state index in [0.29, 0.717) is 0 Å². The Morgan fingerprint density at radius 2 is 1.73 bits per heavy atom. The molecule has 0 spiro atoms. The Hall–Kier alpha value is -2.00. The van der Waals surface area contributed by atoms with E-state index in [1.807, 2.05) is 19.2 Å². The van der Waals surface area contributed by atoms with Crippen molar-refractivity contribution in [3.63, 3.8) is 0 Å². The Morgan fingerprint density at radius 1 is 1.00 bits per heavy atom. The molecule has 0 aromatic heterocycles. The van der Waals surface area contributed by atoms with Crippen LogP contribution in [0.2, 0.25) is 0 Å². The van der Waals surface area contributed by atoms with E-state index in [2.05, 4.69) is 50.9 Å². The first-order valence-corrected chi connectivity index (χ1v) is 10.2. The maximum Gasteiger partial charge on any atom is 0.191 e. The molecule has 0 bridgehead atoms. The molecule has 0 saturated heterocycles. The first-order valence-electron chi connectivity index (χ1n) is 10.2. The molecule has 1 heterocycles. The molecule has 6 nitrogen and oxygen atoms in total. The van der Waals surface area contributed by atoms with Crippen molar-refractivity contribution in [2.75, 3.05) is 47.4 Å². The molecule has 0 saturated carbocycles. The number of aliphatic imine (C=N–C) groups is 1. The minimum atomic E-state index is 0. The van der Waals surface area contributed by atoms with Gasteiger partial charge in [0.1, 0.15) is 0 Å². The lowest BCUT2D eigenvalue weighted by Gasteiger charge is -2.28. The van der Waals surface area contributed by atoms with E-state index < -0.39 is 0 Å². The molecule has 3 rings (SSSR count). The quantitative estimate of drug-likeness (QED) is 0.316. The maximum absolute atomic E-state index is 5.37. The van der Waals surface area contributed by atoms with E-state index in [-0.39, 0.29) is 24.0 Å². The van der Waals surface area contributed by atoms with Crippen LogP contribution in [-0.2, 0) is 19.4 Å². The number of ether oxygens (including phenoxy) is 2. The number of methoxy groups -OCH3 is 2. The van der Waals surface area contributed by atoms with Crippen molar-refractivity contribution in [1.29, 1.82) is 0 Å². The van der Waals surface area contributed by atoms with Crippen LogP contribution in [0, 0.1) is 0 Å². The predicted molar refractivity (Wildman–Crippen MR) is 133 cm³/mol. The molecule has 2 N–H and O–H groups in total. The fourth-order valence-corrected chi connectivity index (χ4v) is 3.66. The summed E-state index contributed by atoms with van der Waals surface area (Å²) in [7, 11) is 5.12. The van der Waals surface area contributed by atoms with Crippen molar-refractivity contribution in [3.8, 4) is 11.5 Å².